The summed E-state index contributed by atoms with van der Waals surface area (Å²) in [5, 5.41) is 8.69. The first-order valence-corrected chi connectivity index (χ1v) is 8.95. The van der Waals surface area contributed by atoms with Crippen molar-refractivity contribution in [1.29, 1.82) is 0 Å². The first kappa shape index (κ1) is 17.1. The molecule has 140 valence electrons. The largest absolute Gasteiger partial charge is 0.357 e. The van der Waals surface area contributed by atoms with Gasteiger partial charge < -0.3 is 20.1 Å². The third-order valence-electron chi connectivity index (χ3n) is 4.76. The Kier molecular flexibility index (Phi) is 4.53. The zero-order chi connectivity index (χ0) is 18.8. The van der Waals surface area contributed by atoms with Crippen molar-refractivity contribution in [2.75, 3.05) is 31.6 Å². The number of H-pyrrole nitrogens is 1. The van der Waals surface area contributed by atoms with Crippen LogP contribution in [-0.2, 0) is 18.4 Å². The highest BCUT2D eigenvalue weighted by molar-refractivity contribution is 5.98. The maximum Gasteiger partial charge on any atom is 0.246 e. The van der Waals surface area contributed by atoms with Crippen molar-refractivity contribution >= 4 is 28.5 Å². The predicted molar refractivity (Wildman–Crippen MR) is 106 cm³/mol. The molecule has 1 amide bonds. The fraction of sp³-hybridized carbons (Fsp3) is 0.316. The van der Waals surface area contributed by atoms with Gasteiger partial charge in [-0.1, -0.05) is 18.2 Å². The number of fused-ring (bicyclic) bond motifs is 1. The van der Waals surface area contributed by atoms with E-state index >= 15 is 0 Å². The van der Waals surface area contributed by atoms with Gasteiger partial charge in [-0.3, -0.25) is 14.5 Å². The standard InChI is InChI=1S/C19H23N7O/c1-20-19(21-10-15-9-14-5-3-4-6-17(14)23-15)25-7-8-26(18(27)13-25)16-11-22-24(2)12-16/h3-6,9,11-12,23H,7-8,10,13H2,1-2H3,(H,20,21). The van der Waals surface area contributed by atoms with Crippen molar-refractivity contribution in [2.45, 2.75) is 6.54 Å². The number of para-hydroxylation sites is 1. The Hall–Kier alpha value is -3.29. The van der Waals surface area contributed by atoms with E-state index in [4.69, 9.17) is 0 Å². The first-order chi connectivity index (χ1) is 13.1. The number of hydrogen-bond acceptors (Lipinski definition) is 3. The number of aliphatic imine (C=N–C) groups is 1. The second-order valence-electron chi connectivity index (χ2n) is 6.62. The number of piperazine rings is 1. The molecule has 3 heterocycles. The summed E-state index contributed by atoms with van der Waals surface area (Å²) in [4.78, 5) is 24.1. The molecule has 4 rings (SSSR count). The summed E-state index contributed by atoms with van der Waals surface area (Å²) in [5.41, 5.74) is 3.03. The Morgan fingerprint density at radius 2 is 2.19 bits per heavy atom. The van der Waals surface area contributed by atoms with Crippen molar-refractivity contribution in [1.82, 2.24) is 25.0 Å². The predicted octanol–water partition coefficient (Wildman–Crippen LogP) is 1.33. The molecule has 0 bridgehead atoms. The minimum Gasteiger partial charge on any atom is -0.357 e. The number of aromatic amines is 1. The maximum atomic E-state index is 12.6. The van der Waals surface area contributed by atoms with Gasteiger partial charge >= 0.3 is 0 Å². The van der Waals surface area contributed by atoms with Crippen LogP contribution in [0.15, 0.2) is 47.7 Å². The molecule has 1 aliphatic rings. The van der Waals surface area contributed by atoms with E-state index in [1.54, 1.807) is 22.8 Å². The summed E-state index contributed by atoms with van der Waals surface area (Å²) < 4.78 is 1.70. The van der Waals surface area contributed by atoms with Crippen LogP contribution in [0.4, 0.5) is 5.69 Å². The number of aromatic nitrogens is 3. The smallest absolute Gasteiger partial charge is 0.246 e. The zero-order valence-electron chi connectivity index (χ0n) is 15.5. The SMILES string of the molecule is CN=C(NCc1cc2ccccc2[nH]1)N1CCN(c2cnn(C)c2)C(=O)C1. The van der Waals surface area contributed by atoms with E-state index in [0.29, 0.717) is 26.2 Å². The van der Waals surface area contributed by atoms with E-state index in [9.17, 15) is 4.79 Å². The van der Waals surface area contributed by atoms with Gasteiger partial charge in [0.2, 0.25) is 5.91 Å². The van der Waals surface area contributed by atoms with Gasteiger partial charge in [-0.05, 0) is 17.5 Å². The molecule has 0 radical (unpaired) electrons. The van der Waals surface area contributed by atoms with E-state index in [1.165, 1.54) is 5.39 Å². The van der Waals surface area contributed by atoms with Crippen molar-refractivity contribution in [3.05, 3.63) is 48.4 Å². The third-order valence-corrected chi connectivity index (χ3v) is 4.76. The Morgan fingerprint density at radius 1 is 1.33 bits per heavy atom. The van der Waals surface area contributed by atoms with Gasteiger partial charge in [0, 0.05) is 44.6 Å². The van der Waals surface area contributed by atoms with Crippen LogP contribution in [0.3, 0.4) is 0 Å². The summed E-state index contributed by atoms with van der Waals surface area (Å²) >= 11 is 0. The Morgan fingerprint density at radius 3 is 2.89 bits per heavy atom. The number of guanidine groups is 1. The minimum absolute atomic E-state index is 0.0443. The van der Waals surface area contributed by atoms with Gasteiger partial charge in [0.15, 0.2) is 5.96 Å². The summed E-state index contributed by atoms with van der Waals surface area (Å²) in [7, 11) is 3.59. The van der Waals surface area contributed by atoms with E-state index in [1.807, 2.05) is 30.3 Å². The Bertz CT molecular complexity index is 954. The topological polar surface area (TPSA) is 81.6 Å². The Labute approximate surface area is 157 Å². The van der Waals surface area contributed by atoms with Gasteiger partial charge in [0.05, 0.1) is 18.4 Å². The number of rotatable bonds is 3. The minimum atomic E-state index is 0.0443. The lowest BCUT2D eigenvalue weighted by Gasteiger charge is -2.35. The lowest BCUT2D eigenvalue weighted by atomic mass is 10.2. The zero-order valence-corrected chi connectivity index (χ0v) is 15.5. The summed E-state index contributed by atoms with van der Waals surface area (Å²) in [6, 6.07) is 10.3. The monoisotopic (exact) mass is 365 g/mol. The molecule has 1 aromatic carbocycles. The maximum absolute atomic E-state index is 12.6. The van der Waals surface area contributed by atoms with Crippen molar-refractivity contribution in [2.24, 2.45) is 12.0 Å². The molecule has 1 fully saturated rings. The highest BCUT2D eigenvalue weighted by Gasteiger charge is 2.27. The fourth-order valence-electron chi connectivity index (χ4n) is 3.41. The average molecular weight is 365 g/mol. The summed E-state index contributed by atoms with van der Waals surface area (Å²) in [6.45, 7) is 2.24. The number of nitrogens with one attached hydrogen (secondary N) is 2. The second-order valence-corrected chi connectivity index (χ2v) is 6.62. The molecule has 27 heavy (non-hydrogen) atoms. The van der Waals surface area contributed by atoms with Crippen LogP contribution in [0.2, 0.25) is 0 Å². The summed E-state index contributed by atoms with van der Waals surface area (Å²) in [6.07, 6.45) is 3.58. The van der Waals surface area contributed by atoms with E-state index in [0.717, 1.165) is 22.9 Å². The molecule has 0 spiro atoms. The van der Waals surface area contributed by atoms with Gasteiger partial charge in [0.25, 0.3) is 0 Å². The highest BCUT2D eigenvalue weighted by atomic mass is 16.2. The third kappa shape index (κ3) is 3.51. The van der Waals surface area contributed by atoms with Crippen LogP contribution in [0, 0.1) is 0 Å². The first-order valence-electron chi connectivity index (χ1n) is 8.95. The van der Waals surface area contributed by atoms with Crippen LogP contribution in [-0.4, -0.2) is 58.2 Å². The number of amides is 1. The summed E-state index contributed by atoms with van der Waals surface area (Å²) in [5.74, 6) is 0.774. The number of hydrogen-bond donors (Lipinski definition) is 2. The number of nitrogens with zero attached hydrogens (tertiary/aromatic N) is 5. The van der Waals surface area contributed by atoms with Gasteiger partial charge in [0.1, 0.15) is 6.54 Å². The van der Waals surface area contributed by atoms with E-state index in [-0.39, 0.29) is 5.91 Å². The number of carbonyl (C=O) groups is 1. The van der Waals surface area contributed by atoms with Crippen molar-refractivity contribution in [3.63, 3.8) is 0 Å². The highest BCUT2D eigenvalue weighted by Crippen LogP contribution is 2.17. The average Bonchev–Trinajstić information content (AvgIpc) is 3.28. The van der Waals surface area contributed by atoms with Crippen LogP contribution in [0.25, 0.3) is 10.9 Å². The van der Waals surface area contributed by atoms with Gasteiger partial charge in [-0.2, -0.15) is 5.10 Å². The number of anilines is 1. The van der Waals surface area contributed by atoms with E-state index < -0.39 is 0 Å². The van der Waals surface area contributed by atoms with E-state index in [2.05, 4.69) is 38.6 Å². The second kappa shape index (κ2) is 7.14. The molecule has 3 aromatic rings. The van der Waals surface area contributed by atoms with Crippen LogP contribution in [0.5, 0.6) is 0 Å². The molecule has 0 atom stereocenters. The molecular weight excluding hydrogens is 342 g/mol. The van der Waals surface area contributed by atoms with Gasteiger partial charge in [-0.15, -0.1) is 0 Å². The molecule has 1 saturated heterocycles. The number of benzene rings is 1. The van der Waals surface area contributed by atoms with Gasteiger partial charge in [-0.25, -0.2) is 0 Å². The number of aryl methyl sites for hydroxylation is 1. The molecule has 8 heteroatoms. The van der Waals surface area contributed by atoms with Crippen LogP contribution in [0.1, 0.15) is 5.69 Å². The Balaban J connectivity index is 1.39. The van der Waals surface area contributed by atoms with Crippen LogP contribution >= 0.6 is 0 Å². The molecule has 2 aromatic heterocycles. The molecule has 0 saturated carbocycles. The van der Waals surface area contributed by atoms with Crippen molar-refractivity contribution < 1.29 is 4.79 Å². The molecule has 1 aliphatic heterocycles. The fourth-order valence-corrected chi connectivity index (χ4v) is 3.41. The lowest BCUT2D eigenvalue weighted by Crippen LogP contribution is -2.55. The molecular formula is C19H23N7O. The molecule has 2 N–H and O–H groups in total. The molecule has 0 unspecified atom stereocenters. The van der Waals surface area contributed by atoms with Crippen LogP contribution < -0.4 is 10.2 Å². The normalized spacial score (nSPS) is 15.6. The quantitative estimate of drug-likeness (QED) is 0.542. The number of carbonyl (C=O) groups excluding carboxylic acids is 1. The molecule has 0 aliphatic carbocycles. The lowest BCUT2D eigenvalue weighted by molar-refractivity contribution is -0.120. The van der Waals surface area contributed by atoms with Crippen molar-refractivity contribution in [3.8, 4) is 0 Å². The molecule has 8 nitrogen and oxygen atoms in total.